The molecule has 1 aliphatic rings. The van der Waals surface area contributed by atoms with Crippen molar-refractivity contribution in [2.45, 2.75) is 45.1 Å². The minimum Gasteiger partial charge on any atom is -0.484 e. The number of nitrogens with one attached hydrogen (secondary N) is 2. The van der Waals surface area contributed by atoms with Gasteiger partial charge in [0.2, 0.25) is 5.91 Å². The van der Waals surface area contributed by atoms with Crippen LogP contribution in [0.2, 0.25) is 0 Å². The zero-order valence-corrected chi connectivity index (χ0v) is 19.3. The van der Waals surface area contributed by atoms with Crippen molar-refractivity contribution in [3.05, 3.63) is 60.4 Å². The highest BCUT2D eigenvalue weighted by Crippen LogP contribution is 2.24. The molecule has 0 spiro atoms. The van der Waals surface area contributed by atoms with Gasteiger partial charge in [-0.1, -0.05) is 18.2 Å². The average Bonchev–Trinajstić information content (AvgIpc) is 3.15. The molecule has 0 bridgehead atoms. The molecule has 0 saturated carbocycles. The molecule has 2 amide bonds. The number of fused-ring (bicyclic) bond motifs is 1. The van der Waals surface area contributed by atoms with Gasteiger partial charge in [-0.25, -0.2) is 4.98 Å². The van der Waals surface area contributed by atoms with Crippen LogP contribution in [-0.4, -0.2) is 51.9 Å². The van der Waals surface area contributed by atoms with Crippen molar-refractivity contribution in [2.75, 3.05) is 19.7 Å². The number of aromatic amines is 1. The summed E-state index contributed by atoms with van der Waals surface area (Å²) in [7, 11) is 0. The van der Waals surface area contributed by atoms with Crippen LogP contribution in [0.3, 0.4) is 0 Å². The van der Waals surface area contributed by atoms with E-state index >= 15 is 0 Å². The number of carbonyl (C=O) groups is 2. The van der Waals surface area contributed by atoms with Gasteiger partial charge in [-0.05, 0) is 75.8 Å². The molecule has 1 fully saturated rings. The number of nitrogens with zero attached hydrogens (tertiary/aromatic N) is 2. The van der Waals surface area contributed by atoms with Crippen molar-refractivity contribution in [2.24, 2.45) is 5.92 Å². The van der Waals surface area contributed by atoms with E-state index in [2.05, 4.69) is 22.4 Å². The van der Waals surface area contributed by atoms with Crippen LogP contribution < -0.4 is 10.1 Å². The maximum absolute atomic E-state index is 13.2. The number of para-hydroxylation sites is 1. The molecular weight excluding hydrogens is 416 g/mol. The minimum absolute atomic E-state index is 0.0536. The molecule has 3 aromatic rings. The number of likely N-dealkylation sites (tertiary alicyclic amines) is 1. The Morgan fingerprint density at radius 3 is 2.76 bits per heavy atom. The lowest BCUT2D eigenvalue weighted by atomic mass is 9.95. The third-order valence-corrected chi connectivity index (χ3v) is 6.20. The topological polar surface area (TPSA) is 87.3 Å². The number of carbonyl (C=O) groups excluding carboxylic acids is 2. The zero-order chi connectivity index (χ0) is 23.3. The number of hydrogen-bond donors (Lipinski definition) is 2. The van der Waals surface area contributed by atoms with Crippen molar-refractivity contribution in [3.63, 3.8) is 0 Å². The maximum Gasteiger partial charge on any atom is 0.258 e. The number of pyridine rings is 1. The van der Waals surface area contributed by atoms with E-state index in [1.807, 2.05) is 35.4 Å². The van der Waals surface area contributed by atoms with E-state index in [-0.39, 0.29) is 18.4 Å². The van der Waals surface area contributed by atoms with Crippen LogP contribution in [0.25, 0.3) is 11.0 Å². The van der Waals surface area contributed by atoms with E-state index in [1.54, 1.807) is 26.0 Å². The second kappa shape index (κ2) is 10.1. The Morgan fingerprint density at radius 1 is 1.12 bits per heavy atom. The summed E-state index contributed by atoms with van der Waals surface area (Å²) in [6.07, 6.45) is 5.75. The van der Waals surface area contributed by atoms with Gasteiger partial charge >= 0.3 is 0 Å². The molecule has 3 heterocycles. The number of ether oxygens (including phenoxy) is 1. The summed E-state index contributed by atoms with van der Waals surface area (Å²) in [6, 6.07) is 15.4. The van der Waals surface area contributed by atoms with E-state index in [9.17, 15) is 9.59 Å². The zero-order valence-electron chi connectivity index (χ0n) is 19.3. The van der Waals surface area contributed by atoms with E-state index in [1.165, 1.54) is 0 Å². The Balaban J connectivity index is 1.28. The van der Waals surface area contributed by atoms with Crippen LogP contribution in [0, 0.1) is 5.92 Å². The SMILES string of the molecule is CC(C)(NC(=O)COc1ccccc1)C(=O)N1CCCC(Cc2ccc3cc[nH]c3n2)CC1. The Kier molecular flexibility index (Phi) is 6.96. The van der Waals surface area contributed by atoms with Crippen molar-refractivity contribution >= 4 is 22.8 Å². The van der Waals surface area contributed by atoms with Gasteiger partial charge in [0.05, 0.1) is 0 Å². The van der Waals surface area contributed by atoms with Crippen LogP contribution >= 0.6 is 0 Å². The highest BCUT2D eigenvalue weighted by molar-refractivity contribution is 5.91. The molecule has 0 radical (unpaired) electrons. The van der Waals surface area contributed by atoms with Crippen LogP contribution in [0.4, 0.5) is 0 Å². The van der Waals surface area contributed by atoms with Crippen molar-refractivity contribution in [1.29, 1.82) is 0 Å². The van der Waals surface area contributed by atoms with Crippen LogP contribution in [0.1, 0.15) is 38.8 Å². The largest absolute Gasteiger partial charge is 0.484 e. The molecule has 1 unspecified atom stereocenters. The number of amides is 2. The summed E-state index contributed by atoms with van der Waals surface area (Å²) in [5, 5.41) is 3.96. The van der Waals surface area contributed by atoms with Gasteiger partial charge in [0, 0.05) is 30.4 Å². The lowest BCUT2D eigenvalue weighted by molar-refractivity contribution is -0.140. The Hall–Kier alpha value is -3.35. The maximum atomic E-state index is 13.2. The Morgan fingerprint density at radius 2 is 1.94 bits per heavy atom. The van der Waals surface area contributed by atoms with E-state index in [0.717, 1.165) is 42.4 Å². The van der Waals surface area contributed by atoms with Crippen molar-refractivity contribution in [1.82, 2.24) is 20.2 Å². The first kappa shape index (κ1) is 22.8. The van der Waals surface area contributed by atoms with Crippen molar-refractivity contribution in [3.8, 4) is 5.75 Å². The van der Waals surface area contributed by atoms with E-state index < -0.39 is 5.54 Å². The third-order valence-electron chi connectivity index (χ3n) is 6.20. The Bertz CT molecular complexity index is 1090. The molecule has 7 heteroatoms. The molecule has 33 heavy (non-hydrogen) atoms. The average molecular weight is 449 g/mol. The lowest BCUT2D eigenvalue weighted by Crippen LogP contribution is -2.57. The highest BCUT2D eigenvalue weighted by atomic mass is 16.5. The predicted octanol–water partition coefficient (Wildman–Crippen LogP) is 3.71. The summed E-state index contributed by atoms with van der Waals surface area (Å²) < 4.78 is 5.51. The minimum atomic E-state index is -0.989. The molecule has 7 nitrogen and oxygen atoms in total. The second-order valence-electron chi connectivity index (χ2n) is 9.29. The molecule has 1 aromatic carbocycles. The van der Waals surface area contributed by atoms with Crippen LogP contribution in [0.15, 0.2) is 54.7 Å². The summed E-state index contributed by atoms with van der Waals surface area (Å²) in [5.74, 6) is 0.748. The molecule has 1 aliphatic heterocycles. The second-order valence-corrected chi connectivity index (χ2v) is 9.29. The molecule has 2 aromatic heterocycles. The fraction of sp³-hybridized carbons (Fsp3) is 0.423. The van der Waals surface area contributed by atoms with E-state index in [0.29, 0.717) is 24.8 Å². The summed E-state index contributed by atoms with van der Waals surface area (Å²) in [5.41, 5.74) is 1.02. The van der Waals surface area contributed by atoms with Gasteiger partial charge < -0.3 is 19.9 Å². The molecule has 2 N–H and O–H groups in total. The molecule has 174 valence electrons. The van der Waals surface area contributed by atoms with Gasteiger partial charge in [0.15, 0.2) is 6.61 Å². The van der Waals surface area contributed by atoms with Gasteiger partial charge in [0.25, 0.3) is 5.91 Å². The monoisotopic (exact) mass is 448 g/mol. The first-order valence-corrected chi connectivity index (χ1v) is 11.6. The molecule has 4 rings (SSSR count). The fourth-order valence-electron chi connectivity index (χ4n) is 4.45. The number of aromatic nitrogens is 2. The first-order chi connectivity index (χ1) is 15.9. The Labute approximate surface area is 194 Å². The first-order valence-electron chi connectivity index (χ1n) is 11.6. The van der Waals surface area contributed by atoms with E-state index in [4.69, 9.17) is 9.72 Å². The summed E-state index contributed by atoms with van der Waals surface area (Å²) in [4.78, 5) is 35.4. The van der Waals surface area contributed by atoms with Crippen LogP contribution in [-0.2, 0) is 16.0 Å². The van der Waals surface area contributed by atoms with Gasteiger partial charge in [-0.2, -0.15) is 0 Å². The van der Waals surface area contributed by atoms with Gasteiger partial charge in [0.1, 0.15) is 16.9 Å². The molecule has 0 aliphatic carbocycles. The van der Waals surface area contributed by atoms with Crippen LogP contribution in [0.5, 0.6) is 5.75 Å². The smallest absolute Gasteiger partial charge is 0.258 e. The number of hydrogen-bond acceptors (Lipinski definition) is 4. The molecular formula is C26H32N4O3. The van der Waals surface area contributed by atoms with Crippen molar-refractivity contribution < 1.29 is 14.3 Å². The lowest BCUT2D eigenvalue weighted by Gasteiger charge is -2.32. The number of benzene rings is 1. The fourth-order valence-corrected chi connectivity index (χ4v) is 4.45. The third kappa shape index (κ3) is 5.92. The molecule has 1 atom stereocenters. The standard InChI is InChI=1S/C26H32N4O3/c1-26(2,29-23(31)18-33-22-8-4-3-5-9-22)25(32)30-15-6-7-19(13-16-30)17-21-11-10-20-12-14-27-24(20)28-21/h3-5,8-12,14,19H,6-7,13,15-18H2,1-2H3,(H,27,28)(H,29,31). The summed E-state index contributed by atoms with van der Waals surface area (Å²) >= 11 is 0. The normalized spacial score (nSPS) is 16.9. The van der Waals surface area contributed by atoms with Gasteiger partial charge in [-0.3, -0.25) is 9.59 Å². The quantitative estimate of drug-likeness (QED) is 0.577. The van der Waals surface area contributed by atoms with Gasteiger partial charge in [-0.15, -0.1) is 0 Å². The highest BCUT2D eigenvalue weighted by Gasteiger charge is 2.34. The summed E-state index contributed by atoms with van der Waals surface area (Å²) in [6.45, 7) is 4.79. The predicted molar refractivity (Wildman–Crippen MR) is 128 cm³/mol. The number of H-pyrrole nitrogens is 1. The molecule has 1 saturated heterocycles. The number of rotatable bonds is 7.